The summed E-state index contributed by atoms with van der Waals surface area (Å²) in [5.74, 6) is 1.12. The van der Waals surface area contributed by atoms with E-state index >= 15 is 0 Å². The molecule has 0 spiro atoms. The summed E-state index contributed by atoms with van der Waals surface area (Å²) in [5, 5.41) is 0. The van der Waals surface area contributed by atoms with Crippen LogP contribution in [0.3, 0.4) is 0 Å². The Morgan fingerprint density at radius 3 is 2.41 bits per heavy atom. The van der Waals surface area contributed by atoms with Crippen molar-refractivity contribution < 1.29 is 9.13 Å². The lowest BCUT2D eigenvalue weighted by Gasteiger charge is -2.35. The lowest BCUT2D eigenvalue weighted by molar-refractivity contribution is -0.00571. The van der Waals surface area contributed by atoms with Crippen LogP contribution in [-0.4, -0.2) is 44.8 Å². The number of nitrogens with zero attached hydrogens (tertiary/aromatic N) is 5. The highest BCUT2D eigenvalue weighted by molar-refractivity contribution is 5.78. The molecule has 0 saturated carbocycles. The first-order chi connectivity index (χ1) is 13.0. The molecule has 2 aromatic heterocycles. The van der Waals surface area contributed by atoms with E-state index < -0.39 is 0 Å². The maximum Gasteiger partial charge on any atom is 0.226 e. The van der Waals surface area contributed by atoms with Gasteiger partial charge in [0.15, 0.2) is 5.82 Å². The first-order valence-electron chi connectivity index (χ1n) is 9.02. The van der Waals surface area contributed by atoms with Gasteiger partial charge < -0.3 is 14.2 Å². The van der Waals surface area contributed by atoms with Gasteiger partial charge in [-0.2, -0.15) is 0 Å². The van der Waals surface area contributed by atoms with Gasteiger partial charge in [-0.15, -0.1) is 0 Å². The van der Waals surface area contributed by atoms with E-state index in [1.807, 2.05) is 17.8 Å². The average molecular weight is 367 g/mol. The van der Waals surface area contributed by atoms with Crippen LogP contribution in [0.15, 0.2) is 42.9 Å². The van der Waals surface area contributed by atoms with Crippen LogP contribution < -0.4 is 4.90 Å². The van der Waals surface area contributed by atoms with E-state index in [1.54, 1.807) is 24.5 Å². The molecule has 0 aliphatic carbocycles. The van der Waals surface area contributed by atoms with Gasteiger partial charge in [-0.1, -0.05) is 12.1 Å². The van der Waals surface area contributed by atoms with Gasteiger partial charge in [0.1, 0.15) is 11.5 Å². The standard InChI is InChI=1S/C20H22FN5O/c1-13-11-26(12-14(2)27-13)20-23-10-17(15-4-6-16(21)7-5-15)18(24-20)19-22-8-9-25(19)3/h4-10,13-14H,11-12H2,1-3H3/t13-,14+. The molecule has 3 aromatic rings. The van der Waals surface area contributed by atoms with Crippen molar-refractivity contribution in [2.45, 2.75) is 26.1 Å². The molecule has 2 atom stereocenters. The van der Waals surface area contributed by atoms with Gasteiger partial charge in [0.2, 0.25) is 5.95 Å². The number of rotatable bonds is 3. The summed E-state index contributed by atoms with van der Waals surface area (Å²) in [6.07, 6.45) is 5.65. The zero-order valence-electron chi connectivity index (χ0n) is 15.6. The number of aryl methyl sites for hydroxylation is 1. The Morgan fingerprint density at radius 2 is 1.78 bits per heavy atom. The molecular weight excluding hydrogens is 345 g/mol. The summed E-state index contributed by atoms with van der Waals surface area (Å²) in [7, 11) is 1.93. The van der Waals surface area contributed by atoms with Crippen LogP contribution in [0.1, 0.15) is 13.8 Å². The lowest BCUT2D eigenvalue weighted by atomic mass is 10.1. The molecule has 6 nitrogen and oxygen atoms in total. The van der Waals surface area contributed by atoms with Crippen molar-refractivity contribution in [3.8, 4) is 22.6 Å². The molecule has 1 aromatic carbocycles. The topological polar surface area (TPSA) is 56.1 Å². The first-order valence-corrected chi connectivity index (χ1v) is 9.02. The fourth-order valence-corrected chi connectivity index (χ4v) is 3.47. The van der Waals surface area contributed by atoms with E-state index in [1.165, 1.54) is 12.1 Å². The summed E-state index contributed by atoms with van der Waals surface area (Å²) in [6.45, 7) is 5.57. The number of halogens is 1. The Morgan fingerprint density at radius 1 is 1.07 bits per heavy atom. The summed E-state index contributed by atoms with van der Waals surface area (Å²) in [4.78, 5) is 16.0. The fourth-order valence-electron chi connectivity index (χ4n) is 3.47. The minimum atomic E-state index is -0.272. The second kappa shape index (κ2) is 7.08. The number of imidazole rings is 1. The molecule has 1 fully saturated rings. The molecule has 140 valence electrons. The van der Waals surface area contributed by atoms with Crippen LogP contribution in [-0.2, 0) is 11.8 Å². The number of benzene rings is 1. The Bertz CT molecular complexity index is 930. The van der Waals surface area contributed by atoms with Crippen molar-refractivity contribution in [3.63, 3.8) is 0 Å². The second-order valence-electron chi connectivity index (χ2n) is 6.96. The Labute approximate surface area is 157 Å². The number of hydrogen-bond donors (Lipinski definition) is 0. The van der Waals surface area contributed by atoms with Gasteiger partial charge in [0, 0.05) is 44.3 Å². The van der Waals surface area contributed by atoms with Gasteiger partial charge in [0.25, 0.3) is 0 Å². The zero-order valence-corrected chi connectivity index (χ0v) is 15.6. The van der Waals surface area contributed by atoms with E-state index in [0.29, 0.717) is 5.95 Å². The molecule has 0 N–H and O–H groups in total. The summed E-state index contributed by atoms with van der Waals surface area (Å²) < 4.78 is 21.1. The average Bonchev–Trinajstić information content (AvgIpc) is 3.07. The number of hydrogen-bond acceptors (Lipinski definition) is 5. The maximum absolute atomic E-state index is 13.4. The predicted molar refractivity (Wildman–Crippen MR) is 102 cm³/mol. The second-order valence-corrected chi connectivity index (χ2v) is 6.96. The van der Waals surface area contributed by atoms with Crippen LogP contribution in [0.25, 0.3) is 22.6 Å². The van der Waals surface area contributed by atoms with Crippen molar-refractivity contribution in [3.05, 3.63) is 48.7 Å². The number of ether oxygens (including phenoxy) is 1. The number of aromatic nitrogens is 4. The van der Waals surface area contributed by atoms with E-state index in [9.17, 15) is 4.39 Å². The summed E-state index contributed by atoms with van der Waals surface area (Å²) in [6, 6.07) is 6.35. The molecule has 27 heavy (non-hydrogen) atoms. The van der Waals surface area contributed by atoms with Crippen LogP contribution in [0.4, 0.5) is 10.3 Å². The SMILES string of the molecule is C[C@@H]1CN(c2ncc(-c3ccc(F)cc3)c(-c3nccn3C)n2)C[C@H](C)O1. The van der Waals surface area contributed by atoms with Gasteiger partial charge in [-0.25, -0.2) is 19.3 Å². The minimum Gasteiger partial charge on any atom is -0.372 e. The van der Waals surface area contributed by atoms with Crippen LogP contribution in [0.5, 0.6) is 0 Å². The van der Waals surface area contributed by atoms with Crippen LogP contribution in [0, 0.1) is 5.82 Å². The molecule has 1 aliphatic heterocycles. The third kappa shape index (κ3) is 3.55. The monoisotopic (exact) mass is 367 g/mol. The Hall–Kier alpha value is -2.80. The molecular formula is C20H22FN5O. The number of morpholine rings is 1. The zero-order chi connectivity index (χ0) is 19.0. The summed E-state index contributed by atoms with van der Waals surface area (Å²) >= 11 is 0. The lowest BCUT2D eigenvalue weighted by Crippen LogP contribution is -2.46. The largest absolute Gasteiger partial charge is 0.372 e. The Kier molecular flexibility index (Phi) is 4.61. The van der Waals surface area contributed by atoms with Crippen molar-refractivity contribution in [2.75, 3.05) is 18.0 Å². The normalized spacial score (nSPS) is 20.1. The van der Waals surface area contributed by atoms with E-state index in [2.05, 4.69) is 28.7 Å². The molecule has 0 unspecified atom stereocenters. The van der Waals surface area contributed by atoms with Crippen molar-refractivity contribution >= 4 is 5.95 Å². The van der Waals surface area contributed by atoms with Gasteiger partial charge >= 0.3 is 0 Å². The third-order valence-electron chi connectivity index (χ3n) is 4.67. The Balaban J connectivity index is 1.81. The molecule has 0 bridgehead atoms. The molecule has 0 amide bonds. The van der Waals surface area contributed by atoms with Gasteiger partial charge in [-0.05, 0) is 31.5 Å². The fraction of sp³-hybridized carbons (Fsp3) is 0.350. The minimum absolute atomic E-state index is 0.116. The van der Waals surface area contributed by atoms with Crippen LogP contribution >= 0.6 is 0 Å². The highest BCUT2D eigenvalue weighted by Crippen LogP contribution is 2.31. The predicted octanol–water partition coefficient (Wildman–Crippen LogP) is 3.30. The molecule has 7 heteroatoms. The molecule has 1 aliphatic rings. The van der Waals surface area contributed by atoms with Crippen LogP contribution in [0.2, 0.25) is 0 Å². The van der Waals surface area contributed by atoms with E-state index in [-0.39, 0.29) is 18.0 Å². The highest BCUT2D eigenvalue weighted by Gasteiger charge is 2.25. The molecule has 3 heterocycles. The smallest absolute Gasteiger partial charge is 0.226 e. The summed E-state index contributed by atoms with van der Waals surface area (Å²) in [5.41, 5.74) is 2.40. The maximum atomic E-state index is 13.4. The highest BCUT2D eigenvalue weighted by atomic mass is 19.1. The van der Waals surface area contributed by atoms with E-state index in [4.69, 9.17) is 9.72 Å². The van der Waals surface area contributed by atoms with Gasteiger partial charge in [0.05, 0.1) is 12.2 Å². The van der Waals surface area contributed by atoms with Gasteiger partial charge in [-0.3, -0.25) is 0 Å². The first kappa shape index (κ1) is 17.6. The van der Waals surface area contributed by atoms with Crippen molar-refractivity contribution in [1.29, 1.82) is 0 Å². The molecule has 4 rings (SSSR count). The third-order valence-corrected chi connectivity index (χ3v) is 4.67. The molecule has 1 saturated heterocycles. The van der Waals surface area contributed by atoms with Crippen molar-refractivity contribution in [2.24, 2.45) is 7.05 Å². The molecule has 0 radical (unpaired) electrons. The van der Waals surface area contributed by atoms with E-state index in [0.717, 1.165) is 35.7 Å². The number of anilines is 1. The quantitative estimate of drug-likeness (QED) is 0.711. The van der Waals surface area contributed by atoms with Crippen molar-refractivity contribution in [1.82, 2.24) is 19.5 Å².